The largest absolute Gasteiger partial charge is 0.0873 e. The summed E-state index contributed by atoms with van der Waals surface area (Å²) in [6.45, 7) is 17.1. The van der Waals surface area contributed by atoms with Crippen LogP contribution in [0.25, 0.3) is 17.2 Å². The van der Waals surface area contributed by atoms with Crippen molar-refractivity contribution in [1.29, 1.82) is 0 Å². The Labute approximate surface area is 185 Å². The summed E-state index contributed by atoms with van der Waals surface area (Å²) in [6.07, 6.45) is 13.0. The molecule has 156 valence electrons. The zero-order chi connectivity index (χ0) is 21.7. The molecule has 0 nitrogen and oxygen atoms in total. The van der Waals surface area contributed by atoms with Crippen molar-refractivity contribution in [2.24, 2.45) is 0 Å². The van der Waals surface area contributed by atoms with Crippen molar-refractivity contribution in [1.82, 2.24) is 0 Å². The van der Waals surface area contributed by atoms with Crippen LogP contribution < -0.4 is 5.19 Å². The molecule has 2 aromatic carbocycles. The van der Waals surface area contributed by atoms with Crippen LogP contribution in [0.2, 0.25) is 32.7 Å². The molecule has 1 unspecified atom stereocenters. The van der Waals surface area contributed by atoms with Crippen LogP contribution in [0.3, 0.4) is 0 Å². The molecule has 0 saturated heterocycles. The van der Waals surface area contributed by atoms with Crippen molar-refractivity contribution in [3.63, 3.8) is 0 Å². The molecule has 4 rings (SSSR count). The van der Waals surface area contributed by atoms with E-state index in [1.54, 1.807) is 15.9 Å². The summed E-state index contributed by atoms with van der Waals surface area (Å²) >= 11 is 0. The Hall–Kier alpha value is -1.91. The van der Waals surface area contributed by atoms with E-state index in [1.165, 1.54) is 22.3 Å². The zero-order valence-corrected chi connectivity index (χ0v) is 21.7. The van der Waals surface area contributed by atoms with Crippen LogP contribution in [-0.2, 0) is 0 Å². The second-order valence-corrected chi connectivity index (χ2v) is 20.7. The smallest absolute Gasteiger partial charge is 0.0809 e. The van der Waals surface area contributed by atoms with Gasteiger partial charge >= 0.3 is 0 Å². The third kappa shape index (κ3) is 3.65. The Kier molecular flexibility index (Phi) is 5.44. The Morgan fingerprint density at radius 2 is 1.70 bits per heavy atom. The summed E-state index contributed by atoms with van der Waals surface area (Å²) in [5.74, 6) is 0.522. The number of rotatable bonds is 5. The fourth-order valence-corrected chi connectivity index (χ4v) is 9.43. The maximum Gasteiger partial charge on any atom is 0.0873 e. The van der Waals surface area contributed by atoms with Crippen LogP contribution in [0.1, 0.15) is 48.4 Å². The lowest BCUT2D eigenvalue weighted by Crippen LogP contribution is -2.37. The average molecular weight is 429 g/mol. The molecule has 0 aromatic heterocycles. The molecule has 2 aliphatic carbocycles. The lowest BCUT2D eigenvalue weighted by atomic mass is 9.89. The molecule has 2 aliphatic rings. The molecule has 2 heteroatoms. The lowest BCUT2D eigenvalue weighted by Gasteiger charge is -2.31. The monoisotopic (exact) mass is 428 g/mol. The molecular weight excluding hydrogens is 392 g/mol. The van der Waals surface area contributed by atoms with Crippen molar-refractivity contribution >= 4 is 27.4 Å². The van der Waals surface area contributed by atoms with E-state index >= 15 is 0 Å². The molecular formula is C28H36Si2. The van der Waals surface area contributed by atoms with Gasteiger partial charge in [0.25, 0.3) is 0 Å². The Morgan fingerprint density at radius 1 is 0.933 bits per heavy atom. The van der Waals surface area contributed by atoms with E-state index < -0.39 is 16.1 Å². The summed E-state index contributed by atoms with van der Waals surface area (Å²) in [7, 11) is -2.89. The summed E-state index contributed by atoms with van der Waals surface area (Å²) in [4.78, 5) is 0. The predicted octanol–water partition coefficient (Wildman–Crippen LogP) is 7.81. The highest BCUT2D eigenvalue weighted by Gasteiger charge is 2.38. The van der Waals surface area contributed by atoms with Gasteiger partial charge in [0.05, 0.1) is 16.1 Å². The predicted molar refractivity (Wildman–Crippen MR) is 140 cm³/mol. The molecule has 0 aliphatic heterocycles. The van der Waals surface area contributed by atoms with Gasteiger partial charge in [-0.15, -0.1) is 0 Å². The standard InChI is InChI=1S/C28H36Si2/c1-20(2)27-19-22(29(3,4)5)15-16-25(27)23-13-10-14-26-24(23)17-18-28(26)30(6,7)21-11-8-9-12-21/h8-11,13-20,28H,12H2,1-7H3. The van der Waals surface area contributed by atoms with E-state index in [0.717, 1.165) is 6.42 Å². The van der Waals surface area contributed by atoms with E-state index in [9.17, 15) is 0 Å². The molecule has 0 spiro atoms. The van der Waals surface area contributed by atoms with Crippen molar-refractivity contribution in [2.75, 3.05) is 0 Å². The van der Waals surface area contributed by atoms with E-state index in [-0.39, 0.29) is 0 Å². The Bertz CT molecular complexity index is 1060. The topological polar surface area (TPSA) is 0 Å². The normalized spacial score (nSPS) is 18.3. The minimum absolute atomic E-state index is 0.522. The number of benzene rings is 2. The molecule has 0 saturated carbocycles. The average Bonchev–Trinajstić information content (AvgIpc) is 3.37. The van der Waals surface area contributed by atoms with Crippen LogP contribution >= 0.6 is 0 Å². The Balaban J connectivity index is 1.81. The van der Waals surface area contributed by atoms with E-state index in [0.29, 0.717) is 11.5 Å². The second kappa shape index (κ2) is 7.65. The molecule has 0 amide bonds. The van der Waals surface area contributed by atoms with Crippen LogP contribution in [0, 0.1) is 0 Å². The number of allylic oxidation sites excluding steroid dienone is 5. The number of hydrogen-bond donors (Lipinski definition) is 0. The second-order valence-electron chi connectivity index (χ2n) is 10.9. The van der Waals surface area contributed by atoms with Gasteiger partial charge in [-0.05, 0) is 40.2 Å². The van der Waals surface area contributed by atoms with Crippen molar-refractivity contribution < 1.29 is 0 Å². The van der Waals surface area contributed by atoms with E-state index in [4.69, 9.17) is 0 Å². The third-order valence-electron chi connectivity index (χ3n) is 7.14. The van der Waals surface area contributed by atoms with Crippen molar-refractivity contribution in [2.45, 2.75) is 64.5 Å². The van der Waals surface area contributed by atoms with E-state index in [2.05, 4.69) is 113 Å². The first kappa shape index (κ1) is 21.3. The van der Waals surface area contributed by atoms with Crippen LogP contribution in [0.5, 0.6) is 0 Å². The maximum absolute atomic E-state index is 2.55. The highest BCUT2D eigenvalue weighted by Crippen LogP contribution is 2.45. The summed E-state index contributed by atoms with van der Waals surface area (Å²) in [6, 6.07) is 14.3. The van der Waals surface area contributed by atoms with Gasteiger partial charge in [-0.25, -0.2) is 0 Å². The highest BCUT2D eigenvalue weighted by atomic mass is 28.3. The zero-order valence-electron chi connectivity index (χ0n) is 19.7. The quantitative estimate of drug-likeness (QED) is 0.426. The van der Waals surface area contributed by atoms with Gasteiger partial charge < -0.3 is 0 Å². The molecule has 30 heavy (non-hydrogen) atoms. The van der Waals surface area contributed by atoms with Crippen molar-refractivity contribution in [3.8, 4) is 11.1 Å². The minimum Gasteiger partial charge on any atom is -0.0809 e. The first-order chi connectivity index (χ1) is 14.1. The minimum atomic E-state index is -1.56. The van der Waals surface area contributed by atoms with Gasteiger partial charge in [-0.1, -0.05) is 124 Å². The fourth-order valence-electron chi connectivity index (χ4n) is 5.08. The summed E-state index contributed by atoms with van der Waals surface area (Å²) in [5, 5.41) is 3.24. The third-order valence-corrected chi connectivity index (χ3v) is 13.3. The lowest BCUT2D eigenvalue weighted by molar-refractivity contribution is 0.870. The summed E-state index contributed by atoms with van der Waals surface area (Å²) in [5.41, 5.74) is 7.91. The number of hydrogen-bond acceptors (Lipinski definition) is 0. The summed E-state index contributed by atoms with van der Waals surface area (Å²) < 4.78 is 0. The first-order valence-electron chi connectivity index (χ1n) is 11.4. The fraction of sp³-hybridized carbons (Fsp3) is 0.357. The van der Waals surface area contributed by atoms with Gasteiger partial charge in [0.2, 0.25) is 0 Å². The SMILES string of the molecule is CC(C)c1cc([Si](C)(C)C)ccc1-c1cccc2c1C=CC2[Si](C)(C)C1=CC=CC1. The Morgan fingerprint density at radius 3 is 2.33 bits per heavy atom. The van der Waals surface area contributed by atoms with Gasteiger partial charge in [-0.3, -0.25) is 0 Å². The molecule has 1 atom stereocenters. The van der Waals surface area contributed by atoms with Gasteiger partial charge in [0.15, 0.2) is 0 Å². The molecule has 0 heterocycles. The van der Waals surface area contributed by atoms with Gasteiger partial charge in [-0.2, -0.15) is 0 Å². The van der Waals surface area contributed by atoms with Gasteiger partial charge in [0.1, 0.15) is 0 Å². The molecule has 0 N–H and O–H groups in total. The van der Waals surface area contributed by atoms with Crippen LogP contribution in [0.15, 0.2) is 65.9 Å². The maximum atomic E-state index is 2.55. The highest BCUT2D eigenvalue weighted by molar-refractivity contribution is 6.88. The van der Waals surface area contributed by atoms with Crippen LogP contribution in [0.4, 0.5) is 0 Å². The van der Waals surface area contributed by atoms with E-state index in [1.807, 2.05) is 0 Å². The molecule has 0 radical (unpaired) electrons. The molecule has 2 aromatic rings. The molecule has 0 fully saturated rings. The van der Waals surface area contributed by atoms with Gasteiger partial charge in [0, 0.05) is 5.54 Å². The van der Waals surface area contributed by atoms with Crippen LogP contribution in [-0.4, -0.2) is 16.1 Å². The van der Waals surface area contributed by atoms with Crippen molar-refractivity contribution in [3.05, 3.63) is 82.6 Å². The number of fused-ring (bicyclic) bond motifs is 1. The first-order valence-corrected chi connectivity index (χ1v) is 18.0. The molecule has 0 bridgehead atoms.